The first-order valence-electron chi connectivity index (χ1n) is 7.53. The van der Waals surface area contributed by atoms with Crippen LogP contribution in [0.2, 0.25) is 0 Å². The lowest BCUT2D eigenvalue weighted by Crippen LogP contribution is -2.43. The summed E-state index contributed by atoms with van der Waals surface area (Å²) in [5, 5.41) is 11.5. The van der Waals surface area contributed by atoms with Gasteiger partial charge in [-0.05, 0) is 51.7 Å². The zero-order chi connectivity index (χ0) is 15.9. The maximum absolute atomic E-state index is 12.6. The third-order valence-corrected chi connectivity index (χ3v) is 4.12. The number of β-amino-alcohol motifs (C(OH)–C–C–N with tert-alkyl or cyclic N) is 1. The number of amides is 1. The van der Waals surface area contributed by atoms with Crippen LogP contribution in [-0.2, 0) is 0 Å². The van der Waals surface area contributed by atoms with E-state index in [9.17, 15) is 9.90 Å². The van der Waals surface area contributed by atoms with Crippen LogP contribution in [0.25, 0.3) is 11.0 Å². The van der Waals surface area contributed by atoms with Crippen LogP contribution in [0.15, 0.2) is 28.7 Å². The number of likely N-dealkylation sites (tertiary alicyclic amines) is 1. The molecule has 3 rings (SSSR count). The second kappa shape index (κ2) is 5.41. The fraction of sp³-hybridized carbons (Fsp3) is 0.471. The van der Waals surface area contributed by atoms with E-state index in [-0.39, 0.29) is 5.91 Å². The SMILES string of the molecule is Cc1cc2cc(C(=O)N3CC[C@@](O)(CN(C)C)C3)ccc2o1. The third kappa shape index (κ3) is 2.87. The van der Waals surface area contributed by atoms with Crippen molar-refractivity contribution in [3.05, 3.63) is 35.6 Å². The Balaban J connectivity index is 1.78. The van der Waals surface area contributed by atoms with Crippen LogP contribution in [0.4, 0.5) is 0 Å². The van der Waals surface area contributed by atoms with Crippen LogP contribution >= 0.6 is 0 Å². The average molecular weight is 302 g/mol. The molecular formula is C17H22N2O3. The van der Waals surface area contributed by atoms with E-state index in [2.05, 4.69) is 0 Å². The number of hydrogen-bond acceptors (Lipinski definition) is 4. The zero-order valence-corrected chi connectivity index (χ0v) is 13.3. The van der Waals surface area contributed by atoms with E-state index in [0.717, 1.165) is 16.7 Å². The molecule has 5 nitrogen and oxygen atoms in total. The first-order valence-corrected chi connectivity index (χ1v) is 7.53. The summed E-state index contributed by atoms with van der Waals surface area (Å²) in [7, 11) is 3.86. The average Bonchev–Trinajstić information content (AvgIpc) is 2.98. The molecule has 1 aromatic heterocycles. The Morgan fingerprint density at radius 2 is 2.18 bits per heavy atom. The van der Waals surface area contributed by atoms with Crippen LogP contribution in [0.5, 0.6) is 0 Å². The van der Waals surface area contributed by atoms with E-state index in [0.29, 0.717) is 31.6 Å². The maximum Gasteiger partial charge on any atom is 0.253 e. The van der Waals surface area contributed by atoms with Gasteiger partial charge < -0.3 is 19.3 Å². The molecule has 1 atom stereocenters. The van der Waals surface area contributed by atoms with Crippen molar-refractivity contribution < 1.29 is 14.3 Å². The number of fused-ring (bicyclic) bond motifs is 1. The summed E-state index contributed by atoms with van der Waals surface area (Å²) in [5.74, 6) is 0.802. The number of likely N-dealkylation sites (N-methyl/N-ethyl adjacent to an activating group) is 1. The number of aryl methyl sites for hydroxylation is 1. The molecule has 1 saturated heterocycles. The van der Waals surface area contributed by atoms with Gasteiger partial charge in [-0.1, -0.05) is 0 Å². The fourth-order valence-electron chi connectivity index (χ4n) is 3.24. The van der Waals surface area contributed by atoms with Crippen molar-refractivity contribution in [2.45, 2.75) is 18.9 Å². The van der Waals surface area contributed by atoms with Gasteiger partial charge in [-0.2, -0.15) is 0 Å². The normalized spacial score (nSPS) is 22.0. The Labute approximate surface area is 130 Å². The van der Waals surface area contributed by atoms with E-state index in [4.69, 9.17) is 4.42 Å². The van der Waals surface area contributed by atoms with Crippen molar-refractivity contribution in [2.75, 3.05) is 33.7 Å². The minimum Gasteiger partial charge on any atom is -0.461 e. The predicted octanol–water partition coefficient (Wildman–Crippen LogP) is 1.88. The molecule has 0 bridgehead atoms. The number of rotatable bonds is 3. The lowest BCUT2D eigenvalue weighted by molar-refractivity contribution is 0.0236. The second-order valence-electron chi connectivity index (χ2n) is 6.55. The maximum atomic E-state index is 12.6. The van der Waals surface area contributed by atoms with Gasteiger partial charge in [0.05, 0.1) is 12.1 Å². The molecule has 0 spiro atoms. The topological polar surface area (TPSA) is 56.9 Å². The minimum absolute atomic E-state index is 0.0320. The molecule has 2 aromatic rings. The number of furan rings is 1. The fourth-order valence-corrected chi connectivity index (χ4v) is 3.24. The molecule has 1 aliphatic rings. The van der Waals surface area contributed by atoms with Crippen molar-refractivity contribution in [1.82, 2.24) is 9.80 Å². The first-order chi connectivity index (χ1) is 10.4. The van der Waals surface area contributed by atoms with Crippen molar-refractivity contribution >= 4 is 16.9 Å². The van der Waals surface area contributed by atoms with E-state index in [1.54, 1.807) is 11.0 Å². The molecule has 2 heterocycles. The van der Waals surface area contributed by atoms with Crippen LogP contribution in [-0.4, -0.2) is 60.1 Å². The Kier molecular flexibility index (Phi) is 3.70. The molecule has 1 aromatic carbocycles. The Hall–Kier alpha value is -1.85. The van der Waals surface area contributed by atoms with Crippen LogP contribution in [0, 0.1) is 6.92 Å². The third-order valence-electron chi connectivity index (χ3n) is 4.12. The molecule has 1 fully saturated rings. The summed E-state index contributed by atoms with van der Waals surface area (Å²) in [6.45, 7) is 3.43. The highest BCUT2D eigenvalue weighted by molar-refractivity contribution is 5.98. The quantitative estimate of drug-likeness (QED) is 0.940. The van der Waals surface area contributed by atoms with Gasteiger partial charge >= 0.3 is 0 Å². The van der Waals surface area contributed by atoms with E-state index in [1.807, 2.05) is 44.1 Å². The van der Waals surface area contributed by atoms with Crippen LogP contribution in [0.3, 0.4) is 0 Å². The number of benzene rings is 1. The van der Waals surface area contributed by atoms with Crippen molar-refractivity contribution in [3.63, 3.8) is 0 Å². The summed E-state index contributed by atoms with van der Waals surface area (Å²) >= 11 is 0. The number of nitrogens with zero attached hydrogens (tertiary/aromatic N) is 2. The zero-order valence-electron chi connectivity index (χ0n) is 13.3. The monoisotopic (exact) mass is 302 g/mol. The van der Waals surface area contributed by atoms with Crippen molar-refractivity contribution in [1.29, 1.82) is 0 Å². The van der Waals surface area contributed by atoms with Crippen LogP contribution < -0.4 is 0 Å². The molecule has 1 aliphatic heterocycles. The Morgan fingerprint density at radius 3 is 2.91 bits per heavy atom. The van der Waals surface area contributed by atoms with Gasteiger partial charge in [-0.25, -0.2) is 0 Å². The van der Waals surface area contributed by atoms with Gasteiger partial charge in [0, 0.05) is 24.0 Å². The van der Waals surface area contributed by atoms with E-state index >= 15 is 0 Å². The number of carbonyl (C=O) groups excluding carboxylic acids is 1. The molecule has 1 amide bonds. The van der Waals surface area contributed by atoms with E-state index in [1.165, 1.54) is 0 Å². The summed E-state index contributed by atoms with van der Waals surface area (Å²) in [5.41, 5.74) is 0.622. The summed E-state index contributed by atoms with van der Waals surface area (Å²) in [6, 6.07) is 7.41. The molecule has 5 heteroatoms. The Bertz CT molecular complexity index is 707. The minimum atomic E-state index is -0.810. The van der Waals surface area contributed by atoms with Gasteiger partial charge in [0.1, 0.15) is 11.3 Å². The summed E-state index contributed by atoms with van der Waals surface area (Å²) in [6.07, 6.45) is 0.615. The highest BCUT2D eigenvalue weighted by Gasteiger charge is 2.38. The molecule has 0 aliphatic carbocycles. The molecule has 22 heavy (non-hydrogen) atoms. The number of carbonyl (C=O) groups is 1. The van der Waals surface area contributed by atoms with E-state index < -0.39 is 5.60 Å². The lowest BCUT2D eigenvalue weighted by atomic mass is 10.0. The summed E-state index contributed by atoms with van der Waals surface area (Å²) in [4.78, 5) is 16.3. The highest BCUT2D eigenvalue weighted by atomic mass is 16.3. The number of hydrogen-bond donors (Lipinski definition) is 1. The molecule has 0 radical (unpaired) electrons. The van der Waals surface area contributed by atoms with Crippen molar-refractivity contribution in [3.8, 4) is 0 Å². The lowest BCUT2D eigenvalue weighted by Gasteiger charge is -2.26. The standard InChI is InChI=1S/C17H22N2O3/c1-12-8-14-9-13(4-5-15(14)22-12)16(20)19-7-6-17(21,11-19)10-18(2)3/h4-5,8-9,21H,6-7,10-11H2,1-3H3/t17-/m1/s1. The molecule has 0 saturated carbocycles. The van der Waals surface area contributed by atoms with Crippen molar-refractivity contribution in [2.24, 2.45) is 0 Å². The molecule has 0 unspecified atom stereocenters. The largest absolute Gasteiger partial charge is 0.461 e. The van der Waals surface area contributed by atoms with Gasteiger partial charge in [-0.15, -0.1) is 0 Å². The number of aliphatic hydroxyl groups is 1. The molecule has 1 N–H and O–H groups in total. The van der Waals surface area contributed by atoms with Crippen LogP contribution in [0.1, 0.15) is 22.5 Å². The van der Waals surface area contributed by atoms with Gasteiger partial charge in [0.2, 0.25) is 0 Å². The first kappa shape index (κ1) is 15.1. The molecular weight excluding hydrogens is 280 g/mol. The summed E-state index contributed by atoms with van der Waals surface area (Å²) < 4.78 is 5.53. The van der Waals surface area contributed by atoms with Gasteiger partial charge in [0.25, 0.3) is 5.91 Å². The predicted molar refractivity (Wildman–Crippen MR) is 85.0 cm³/mol. The Morgan fingerprint density at radius 1 is 1.41 bits per heavy atom. The molecule has 118 valence electrons. The highest BCUT2D eigenvalue weighted by Crippen LogP contribution is 2.25. The van der Waals surface area contributed by atoms with Gasteiger partial charge in [0.15, 0.2) is 0 Å². The van der Waals surface area contributed by atoms with Gasteiger partial charge in [-0.3, -0.25) is 4.79 Å². The smallest absolute Gasteiger partial charge is 0.253 e. The second-order valence-corrected chi connectivity index (χ2v) is 6.55.